The number of benzene rings is 2. The number of ether oxygens (including phenoxy) is 2. The van der Waals surface area contributed by atoms with E-state index in [4.69, 9.17) is 14.5 Å². The molecule has 0 saturated carbocycles. The number of amides is 1. The molecule has 156 valence electrons. The lowest BCUT2D eigenvalue weighted by Crippen LogP contribution is -2.26. The molecule has 0 unspecified atom stereocenters. The van der Waals surface area contributed by atoms with Crippen LogP contribution in [-0.2, 0) is 6.42 Å². The Kier molecular flexibility index (Phi) is 6.08. The van der Waals surface area contributed by atoms with Gasteiger partial charge in [0.25, 0.3) is 5.91 Å². The van der Waals surface area contributed by atoms with Gasteiger partial charge >= 0.3 is 0 Å². The van der Waals surface area contributed by atoms with E-state index in [-0.39, 0.29) is 5.91 Å². The Morgan fingerprint density at radius 2 is 1.81 bits per heavy atom. The molecule has 6 heteroatoms. The molecule has 31 heavy (non-hydrogen) atoms. The van der Waals surface area contributed by atoms with E-state index in [0.717, 1.165) is 22.2 Å². The summed E-state index contributed by atoms with van der Waals surface area (Å²) in [4.78, 5) is 22.1. The number of carbonyl (C=O) groups is 1. The van der Waals surface area contributed by atoms with Crippen molar-refractivity contribution >= 4 is 16.8 Å². The second-order valence-electron chi connectivity index (χ2n) is 6.97. The van der Waals surface area contributed by atoms with Crippen molar-refractivity contribution in [2.24, 2.45) is 0 Å². The molecule has 0 saturated heterocycles. The van der Waals surface area contributed by atoms with Gasteiger partial charge in [0.1, 0.15) is 11.5 Å². The third-order valence-corrected chi connectivity index (χ3v) is 5.04. The second kappa shape index (κ2) is 9.26. The van der Waals surface area contributed by atoms with Gasteiger partial charge < -0.3 is 14.8 Å². The van der Waals surface area contributed by atoms with Gasteiger partial charge in [-0.15, -0.1) is 0 Å². The third-order valence-electron chi connectivity index (χ3n) is 5.04. The van der Waals surface area contributed by atoms with Gasteiger partial charge in [0.15, 0.2) is 0 Å². The summed E-state index contributed by atoms with van der Waals surface area (Å²) < 4.78 is 10.8. The minimum Gasteiger partial charge on any atom is -0.497 e. The number of para-hydroxylation sites is 1. The van der Waals surface area contributed by atoms with E-state index >= 15 is 0 Å². The summed E-state index contributed by atoms with van der Waals surface area (Å²) in [5, 5.41) is 3.81. The van der Waals surface area contributed by atoms with Crippen LogP contribution in [0.25, 0.3) is 22.2 Å². The zero-order valence-electron chi connectivity index (χ0n) is 17.5. The number of nitrogens with zero attached hydrogens (tertiary/aromatic N) is 2. The first-order valence-electron chi connectivity index (χ1n) is 10.00. The summed E-state index contributed by atoms with van der Waals surface area (Å²) in [5.41, 5.74) is 3.70. The van der Waals surface area contributed by atoms with Crippen molar-refractivity contribution in [1.29, 1.82) is 0 Å². The largest absolute Gasteiger partial charge is 0.497 e. The minimum atomic E-state index is -0.150. The average molecular weight is 413 g/mol. The number of hydrogen-bond acceptors (Lipinski definition) is 5. The highest BCUT2D eigenvalue weighted by Crippen LogP contribution is 2.34. The standard InChI is InChI=1S/C25H23N3O3/c1-30-18-10-11-20(24(15-18)31-2)23-16-21(19-8-3-4-9-22(19)28-23)25(29)27-14-12-17-7-5-6-13-26-17/h3-11,13,15-16H,12,14H2,1-2H3,(H,27,29). The molecule has 0 aliphatic carbocycles. The summed E-state index contributed by atoms with van der Waals surface area (Å²) in [6.45, 7) is 0.494. The number of fused-ring (bicyclic) bond motifs is 1. The van der Waals surface area contributed by atoms with E-state index in [2.05, 4.69) is 10.3 Å². The van der Waals surface area contributed by atoms with E-state index in [9.17, 15) is 4.79 Å². The fraction of sp³-hybridized carbons (Fsp3) is 0.160. The van der Waals surface area contributed by atoms with E-state index in [0.29, 0.717) is 35.7 Å². The number of rotatable bonds is 7. The Hall–Kier alpha value is -3.93. The van der Waals surface area contributed by atoms with Crippen molar-refractivity contribution in [3.63, 3.8) is 0 Å². The topological polar surface area (TPSA) is 73.3 Å². The first-order valence-corrected chi connectivity index (χ1v) is 10.00. The molecule has 4 rings (SSSR count). The predicted octanol–water partition coefficient (Wildman–Crippen LogP) is 4.29. The molecule has 6 nitrogen and oxygen atoms in total. The Morgan fingerprint density at radius 1 is 0.968 bits per heavy atom. The summed E-state index contributed by atoms with van der Waals surface area (Å²) in [7, 11) is 3.21. The fourth-order valence-electron chi connectivity index (χ4n) is 3.46. The van der Waals surface area contributed by atoms with Gasteiger partial charge in [-0.2, -0.15) is 0 Å². The van der Waals surface area contributed by atoms with Gasteiger partial charge in [-0.25, -0.2) is 4.98 Å². The number of hydrogen-bond donors (Lipinski definition) is 1. The number of nitrogens with one attached hydrogen (secondary N) is 1. The molecule has 2 aromatic carbocycles. The summed E-state index contributed by atoms with van der Waals surface area (Å²) in [6, 6.07) is 20.7. The van der Waals surface area contributed by atoms with E-state index in [1.807, 2.05) is 60.7 Å². The lowest BCUT2D eigenvalue weighted by atomic mass is 10.0. The maximum atomic E-state index is 13.1. The summed E-state index contributed by atoms with van der Waals surface area (Å²) in [5.74, 6) is 1.17. The Balaban J connectivity index is 1.68. The molecule has 2 aromatic heterocycles. The zero-order valence-corrected chi connectivity index (χ0v) is 17.5. The van der Waals surface area contributed by atoms with Gasteiger partial charge in [0.05, 0.1) is 31.0 Å². The molecule has 1 amide bonds. The van der Waals surface area contributed by atoms with E-state index in [1.165, 1.54) is 0 Å². The van der Waals surface area contributed by atoms with Crippen LogP contribution in [-0.4, -0.2) is 36.6 Å². The first-order chi connectivity index (χ1) is 15.2. The lowest BCUT2D eigenvalue weighted by Gasteiger charge is -2.13. The van der Waals surface area contributed by atoms with Crippen molar-refractivity contribution in [2.45, 2.75) is 6.42 Å². The third kappa shape index (κ3) is 4.48. The van der Waals surface area contributed by atoms with E-state index in [1.54, 1.807) is 26.5 Å². The van der Waals surface area contributed by atoms with Crippen molar-refractivity contribution in [3.8, 4) is 22.8 Å². The number of methoxy groups -OCH3 is 2. The van der Waals surface area contributed by atoms with E-state index < -0.39 is 0 Å². The Labute approximate surface area is 180 Å². The summed E-state index contributed by atoms with van der Waals surface area (Å²) in [6.07, 6.45) is 2.41. The Bertz CT molecular complexity index is 1210. The average Bonchev–Trinajstić information content (AvgIpc) is 2.83. The van der Waals surface area contributed by atoms with Crippen LogP contribution in [0.3, 0.4) is 0 Å². The van der Waals surface area contributed by atoms with Gasteiger partial charge in [0, 0.05) is 41.9 Å². The smallest absolute Gasteiger partial charge is 0.252 e. The predicted molar refractivity (Wildman–Crippen MR) is 121 cm³/mol. The quantitative estimate of drug-likeness (QED) is 0.489. The Morgan fingerprint density at radius 3 is 2.58 bits per heavy atom. The lowest BCUT2D eigenvalue weighted by molar-refractivity contribution is 0.0955. The molecule has 0 spiro atoms. The molecule has 2 heterocycles. The van der Waals surface area contributed by atoms with Crippen LogP contribution in [0.15, 0.2) is 72.9 Å². The molecule has 0 aliphatic heterocycles. The molecule has 0 atom stereocenters. The maximum Gasteiger partial charge on any atom is 0.252 e. The van der Waals surface area contributed by atoms with Crippen LogP contribution in [0.5, 0.6) is 11.5 Å². The molecule has 4 aromatic rings. The van der Waals surface area contributed by atoms with Crippen LogP contribution in [0, 0.1) is 0 Å². The van der Waals surface area contributed by atoms with Crippen LogP contribution in [0.4, 0.5) is 0 Å². The molecule has 1 N–H and O–H groups in total. The van der Waals surface area contributed by atoms with Crippen molar-refractivity contribution in [2.75, 3.05) is 20.8 Å². The SMILES string of the molecule is COc1ccc(-c2cc(C(=O)NCCc3ccccn3)c3ccccc3n2)c(OC)c1. The van der Waals surface area contributed by atoms with Crippen molar-refractivity contribution < 1.29 is 14.3 Å². The van der Waals surface area contributed by atoms with Crippen LogP contribution in [0.1, 0.15) is 16.1 Å². The van der Waals surface area contributed by atoms with Gasteiger partial charge in [-0.1, -0.05) is 24.3 Å². The molecular weight excluding hydrogens is 390 g/mol. The normalized spacial score (nSPS) is 10.6. The van der Waals surface area contributed by atoms with Crippen molar-refractivity contribution in [1.82, 2.24) is 15.3 Å². The zero-order chi connectivity index (χ0) is 21.6. The molecule has 0 radical (unpaired) electrons. The monoisotopic (exact) mass is 413 g/mol. The summed E-state index contributed by atoms with van der Waals surface area (Å²) >= 11 is 0. The van der Waals surface area contributed by atoms with Crippen LogP contribution < -0.4 is 14.8 Å². The molecular formula is C25H23N3O3. The highest BCUT2D eigenvalue weighted by Gasteiger charge is 2.16. The fourth-order valence-corrected chi connectivity index (χ4v) is 3.46. The molecule has 0 bridgehead atoms. The molecule has 0 fully saturated rings. The second-order valence-corrected chi connectivity index (χ2v) is 6.97. The minimum absolute atomic E-state index is 0.150. The number of pyridine rings is 2. The van der Waals surface area contributed by atoms with Crippen LogP contribution >= 0.6 is 0 Å². The van der Waals surface area contributed by atoms with Gasteiger partial charge in [0.2, 0.25) is 0 Å². The highest BCUT2D eigenvalue weighted by molar-refractivity contribution is 6.07. The number of aromatic nitrogens is 2. The van der Waals surface area contributed by atoms with Crippen molar-refractivity contribution in [3.05, 3.63) is 84.2 Å². The maximum absolute atomic E-state index is 13.1. The highest BCUT2D eigenvalue weighted by atomic mass is 16.5. The van der Waals surface area contributed by atoms with Crippen LogP contribution in [0.2, 0.25) is 0 Å². The van der Waals surface area contributed by atoms with Gasteiger partial charge in [-0.3, -0.25) is 9.78 Å². The number of carbonyl (C=O) groups excluding carboxylic acids is 1. The van der Waals surface area contributed by atoms with Gasteiger partial charge in [-0.05, 0) is 36.4 Å². The molecule has 0 aliphatic rings. The first kappa shape index (κ1) is 20.3.